The molecule has 1 heterocycles. The third kappa shape index (κ3) is 2.45. The van der Waals surface area contributed by atoms with E-state index in [2.05, 4.69) is 4.98 Å². The van der Waals surface area contributed by atoms with Gasteiger partial charge in [-0.1, -0.05) is 30.3 Å². The van der Waals surface area contributed by atoms with E-state index in [-0.39, 0.29) is 16.5 Å². The highest BCUT2D eigenvalue weighted by Gasteiger charge is 2.40. The zero-order chi connectivity index (χ0) is 17.8. The number of aromatic nitrogens is 1. The molecule has 0 aliphatic heterocycles. The fourth-order valence-corrected chi connectivity index (χ4v) is 3.57. The second-order valence-corrected chi connectivity index (χ2v) is 7.19. The Morgan fingerprint density at radius 1 is 0.880 bits per heavy atom. The predicted molar refractivity (Wildman–Crippen MR) is 89.4 cm³/mol. The first-order valence-corrected chi connectivity index (χ1v) is 8.86. The highest BCUT2D eigenvalue weighted by atomic mass is 32.2. The van der Waals surface area contributed by atoms with Crippen molar-refractivity contribution in [3.05, 3.63) is 71.4 Å². The molecule has 0 fully saturated rings. The van der Waals surface area contributed by atoms with Gasteiger partial charge in [-0.2, -0.15) is 8.42 Å². The highest BCUT2D eigenvalue weighted by Crippen LogP contribution is 2.33. The number of ketones is 2. The average Bonchev–Trinajstić information content (AvgIpc) is 2.85. The van der Waals surface area contributed by atoms with Crippen molar-refractivity contribution in [1.82, 2.24) is 4.98 Å². The molecule has 0 amide bonds. The Hall–Kier alpha value is -2.90. The van der Waals surface area contributed by atoms with E-state index < -0.39 is 16.0 Å². The molecule has 7 heteroatoms. The molecule has 0 atom stereocenters. The molecule has 0 bridgehead atoms. The van der Waals surface area contributed by atoms with Crippen LogP contribution in [0.15, 0.2) is 59.5 Å². The fourth-order valence-electron chi connectivity index (χ4n) is 3.05. The van der Waals surface area contributed by atoms with Gasteiger partial charge in [-0.15, -0.1) is 0 Å². The minimum absolute atomic E-state index is 0.241. The molecule has 25 heavy (non-hydrogen) atoms. The monoisotopic (exact) mass is 353 g/mol. The molecule has 1 aromatic heterocycles. The molecule has 1 aliphatic carbocycles. The molecule has 3 aromatic rings. The van der Waals surface area contributed by atoms with Crippen molar-refractivity contribution < 1.29 is 22.6 Å². The normalized spacial score (nSPS) is 14.9. The Kier molecular flexibility index (Phi) is 3.31. The van der Waals surface area contributed by atoms with Crippen LogP contribution in [-0.4, -0.2) is 29.5 Å². The van der Waals surface area contributed by atoms with Crippen molar-refractivity contribution in [1.29, 1.82) is 0 Å². The Morgan fingerprint density at radius 3 is 2.12 bits per heavy atom. The smallest absolute Gasteiger partial charge is 0.293 e. The van der Waals surface area contributed by atoms with E-state index >= 15 is 0 Å². The van der Waals surface area contributed by atoms with Gasteiger partial charge in [0.15, 0.2) is 11.6 Å². The summed E-state index contributed by atoms with van der Waals surface area (Å²) in [4.78, 5) is 29.2. The molecule has 0 spiro atoms. The number of carbonyl (C=O) groups is 2. The standard InChI is InChI=1S/C18H11NO5S/c20-17-12-3-1-2-4-13(12)18(21)16(17)15-7-5-10-9-11(25(22,23)24)6-8-14(10)19-15/h1-9,16H,(H,22,23,24). The number of carbonyl (C=O) groups excluding carboxylic acids is 2. The van der Waals surface area contributed by atoms with Gasteiger partial charge in [0.25, 0.3) is 10.1 Å². The van der Waals surface area contributed by atoms with Crippen LogP contribution in [0.3, 0.4) is 0 Å². The lowest BCUT2D eigenvalue weighted by molar-refractivity contribution is 0.0888. The van der Waals surface area contributed by atoms with E-state index in [1.54, 1.807) is 30.3 Å². The van der Waals surface area contributed by atoms with Crippen LogP contribution >= 0.6 is 0 Å². The molecule has 124 valence electrons. The highest BCUT2D eigenvalue weighted by molar-refractivity contribution is 7.85. The molecule has 2 aromatic carbocycles. The molecule has 1 aliphatic rings. The van der Waals surface area contributed by atoms with Gasteiger partial charge in [-0.3, -0.25) is 19.1 Å². The summed E-state index contributed by atoms with van der Waals surface area (Å²) in [5, 5.41) is 0.481. The Bertz CT molecular complexity index is 1130. The van der Waals surface area contributed by atoms with Gasteiger partial charge in [0.05, 0.1) is 16.1 Å². The van der Waals surface area contributed by atoms with Gasteiger partial charge in [-0.05, 0) is 24.3 Å². The summed E-state index contributed by atoms with van der Waals surface area (Å²) < 4.78 is 31.5. The van der Waals surface area contributed by atoms with Gasteiger partial charge in [-0.25, -0.2) is 0 Å². The van der Waals surface area contributed by atoms with Crippen molar-refractivity contribution in [3.63, 3.8) is 0 Å². The number of benzene rings is 2. The molecule has 0 radical (unpaired) electrons. The second-order valence-electron chi connectivity index (χ2n) is 5.77. The summed E-state index contributed by atoms with van der Waals surface area (Å²) in [7, 11) is -4.31. The van der Waals surface area contributed by atoms with Gasteiger partial charge >= 0.3 is 0 Å². The number of hydrogen-bond acceptors (Lipinski definition) is 5. The topological polar surface area (TPSA) is 101 Å². The third-order valence-corrected chi connectivity index (χ3v) is 5.11. The quantitative estimate of drug-likeness (QED) is 0.561. The van der Waals surface area contributed by atoms with Gasteiger partial charge in [0.2, 0.25) is 0 Å². The first-order chi connectivity index (χ1) is 11.9. The van der Waals surface area contributed by atoms with Crippen LogP contribution in [-0.2, 0) is 10.1 Å². The maximum Gasteiger partial charge on any atom is 0.294 e. The fraction of sp³-hybridized carbons (Fsp3) is 0.0556. The molecule has 6 nitrogen and oxygen atoms in total. The average molecular weight is 353 g/mol. The summed E-state index contributed by atoms with van der Waals surface area (Å²) in [5.74, 6) is -1.56. The predicted octanol–water partition coefficient (Wildman–Crippen LogP) is 2.64. The van der Waals surface area contributed by atoms with Crippen LogP contribution in [0.5, 0.6) is 0 Å². The Morgan fingerprint density at radius 2 is 1.52 bits per heavy atom. The molecular formula is C18H11NO5S. The summed E-state index contributed by atoms with van der Waals surface area (Å²) >= 11 is 0. The summed E-state index contributed by atoms with van der Waals surface area (Å²) in [6.45, 7) is 0. The number of hydrogen-bond donors (Lipinski definition) is 1. The van der Waals surface area contributed by atoms with Crippen LogP contribution in [0.4, 0.5) is 0 Å². The lowest BCUT2D eigenvalue weighted by atomic mass is 9.98. The molecular weight excluding hydrogens is 342 g/mol. The summed E-state index contributed by atoms with van der Waals surface area (Å²) in [5.41, 5.74) is 1.53. The van der Waals surface area contributed by atoms with Gasteiger partial charge in [0, 0.05) is 16.5 Å². The SMILES string of the molecule is O=C1c2ccccc2C(=O)C1c1ccc2cc(S(=O)(=O)O)ccc2n1. The minimum Gasteiger partial charge on any atom is -0.293 e. The summed E-state index contributed by atoms with van der Waals surface area (Å²) in [6, 6.07) is 13.7. The van der Waals surface area contributed by atoms with Gasteiger partial charge in [0.1, 0.15) is 5.92 Å². The van der Waals surface area contributed by atoms with E-state index in [0.29, 0.717) is 27.7 Å². The van der Waals surface area contributed by atoms with Gasteiger partial charge < -0.3 is 0 Å². The number of pyridine rings is 1. The Labute approximate surface area is 142 Å². The van der Waals surface area contributed by atoms with E-state index in [4.69, 9.17) is 4.55 Å². The number of nitrogens with zero attached hydrogens (tertiary/aromatic N) is 1. The van der Waals surface area contributed by atoms with Crippen molar-refractivity contribution in [2.24, 2.45) is 0 Å². The summed E-state index contributed by atoms with van der Waals surface area (Å²) in [6.07, 6.45) is 0. The van der Waals surface area contributed by atoms with E-state index in [1.807, 2.05) is 0 Å². The lowest BCUT2D eigenvalue weighted by Gasteiger charge is -2.08. The van der Waals surface area contributed by atoms with Crippen molar-refractivity contribution in [3.8, 4) is 0 Å². The minimum atomic E-state index is -4.31. The molecule has 0 saturated carbocycles. The second kappa shape index (κ2) is 5.30. The molecule has 4 rings (SSSR count). The number of Topliss-reactive ketones (excluding diaryl/α,β-unsaturated/α-hetero) is 2. The molecule has 0 saturated heterocycles. The van der Waals surface area contributed by atoms with E-state index in [0.717, 1.165) is 0 Å². The van der Waals surface area contributed by atoms with Crippen LogP contribution in [0.25, 0.3) is 10.9 Å². The molecule has 0 unspecified atom stereocenters. The zero-order valence-corrected chi connectivity index (χ0v) is 13.5. The van der Waals surface area contributed by atoms with Crippen LogP contribution < -0.4 is 0 Å². The van der Waals surface area contributed by atoms with Crippen LogP contribution in [0.1, 0.15) is 32.3 Å². The van der Waals surface area contributed by atoms with Crippen LogP contribution in [0.2, 0.25) is 0 Å². The first-order valence-electron chi connectivity index (χ1n) is 7.42. The van der Waals surface area contributed by atoms with E-state index in [1.165, 1.54) is 24.3 Å². The Balaban J connectivity index is 1.81. The lowest BCUT2D eigenvalue weighted by Crippen LogP contribution is -2.14. The van der Waals surface area contributed by atoms with Crippen molar-refractivity contribution in [2.75, 3.05) is 0 Å². The first kappa shape index (κ1) is 15.6. The number of fused-ring (bicyclic) bond motifs is 2. The zero-order valence-electron chi connectivity index (χ0n) is 12.7. The maximum atomic E-state index is 12.6. The van der Waals surface area contributed by atoms with E-state index in [9.17, 15) is 18.0 Å². The largest absolute Gasteiger partial charge is 0.294 e. The van der Waals surface area contributed by atoms with Crippen molar-refractivity contribution in [2.45, 2.75) is 10.8 Å². The van der Waals surface area contributed by atoms with Crippen LogP contribution in [0, 0.1) is 0 Å². The van der Waals surface area contributed by atoms with Crippen molar-refractivity contribution >= 4 is 32.6 Å². The number of rotatable bonds is 2. The molecule has 1 N–H and O–H groups in total. The third-order valence-electron chi connectivity index (χ3n) is 4.26. The maximum absolute atomic E-state index is 12.6.